The summed E-state index contributed by atoms with van der Waals surface area (Å²) in [5, 5.41) is 9.38. The molecular formula is C33H39F4NO3. The number of benzene rings is 2. The molecule has 3 aliphatic rings. The Labute approximate surface area is 239 Å². The zero-order valence-electron chi connectivity index (χ0n) is 23.9. The summed E-state index contributed by atoms with van der Waals surface area (Å²) >= 11 is 0. The van der Waals surface area contributed by atoms with Crippen LogP contribution in [0, 0.1) is 11.8 Å². The number of carbonyl (C=O) groups excluding carboxylic acids is 1. The first kappa shape index (κ1) is 29.6. The van der Waals surface area contributed by atoms with E-state index in [0.29, 0.717) is 70.8 Å². The SMILES string of the molecule is CC(C)c1ccc(CC23CCN(C(=O)C4CCC(C(=O)O)CC4)C2CCc2cc(C(C)(F)C(F)(F)F)ccc23)cc1. The molecule has 0 radical (unpaired) electrons. The molecule has 1 N–H and O–H groups in total. The van der Waals surface area contributed by atoms with Crippen LogP contribution in [0.1, 0.15) is 93.0 Å². The van der Waals surface area contributed by atoms with E-state index in [2.05, 4.69) is 38.1 Å². The van der Waals surface area contributed by atoms with Gasteiger partial charge >= 0.3 is 12.1 Å². The molecule has 222 valence electrons. The van der Waals surface area contributed by atoms with E-state index in [1.54, 1.807) is 6.07 Å². The number of nitrogens with zero attached hydrogens (tertiary/aromatic N) is 1. The van der Waals surface area contributed by atoms with Crippen molar-refractivity contribution in [3.8, 4) is 0 Å². The molecule has 3 unspecified atom stereocenters. The lowest BCUT2D eigenvalue weighted by molar-refractivity contribution is -0.228. The fourth-order valence-corrected chi connectivity index (χ4v) is 7.49. The lowest BCUT2D eigenvalue weighted by Gasteiger charge is -2.45. The van der Waals surface area contributed by atoms with E-state index in [1.165, 1.54) is 17.7 Å². The maximum Gasteiger partial charge on any atom is 0.426 e. The van der Waals surface area contributed by atoms with Crippen LogP contribution in [0.4, 0.5) is 17.6 Å². The Morgan fingerprint density at radius 2 is 1.61 bits per heavy atom. The van der Waals surface area contributed by atoms with Gasteiger partial charge in [0.1, 0.15) is 0 Å². The minimum Gasteiger partial charge on any atom is -0.481 e. The van der Waals surface area contributed by atoms with E-state index in [9.17, 15) is 32.3 Å². The standard InChI is InChI=1S/C33H39F4NO3/c1-20(2)22-6-4-21(5-7-22)19-32-16-17-38(29(39)23-8-10-24(11-9-23)30(40)41)28(32)15-12-25-18-26(13-14-27(25)32)31(3,34)33(35,36)37/h4-7,13-14,18,20,23-24,28H,8-12,15-17,19H2,1-3H3,(H,40,41). The van der Waals surface area contributed by atoms with Crippen LogP contribution in [0.25, 0.3) is 0 Å². The third kappa shape index (κ3) is 5.27. The topological polar surface area (TPSA) is 57.6 Å². The van der Waals surface area contributed by atoms with Crippen molar-refractivity contribution in [2.24, 2.45) is 11.8 Å². The molecule has 4 nitrogen and oxygen atoms in total. The van der Waals surface area contributed by atoms with Gasteiger partial charge in [0.15, 0.2) is 0 Å². The Morgan fingerprint density at radius 3 is 2.20 bits per heavy atom. The molecule has 5 rings (SSSR count). The van der Waals surface area contributed by atoms with Crippen molar-refractivity contribution in [3.05, 3.63) is 70.3 Å². The number of fused-ring (bicyclic) bond motifs is 3. The summed E-state index contributed by atoms with van der Waals surface area (Å²) in [4.78, 5) is 27.3. The number of aliphatic carboxylic acids is 1. The molecule has 1 saturated heterocycles. The summed E-state index contributed by atoms with van der Waals surface area (Å²) in [5.41, 5.74) is -0.394. The van der Waals surface area contributed by atoms with E-state index in [1.807, 2.05) is 4.90 Å². The summed E-state index contributed by atoms with van der Waals surface area (Å²) < 4.78 is 55.6. The molecule has 1 heterocycles. The van der Waals surface area contributed by atoms with Crippen molar-refractivity contribution in [1.82, 2.24) is 4.90 Å². The van der Waals surface area contributed by atoms with E-state index in [4.69, 9.17) is 0 Å². The van der Waals surface area contributed by atoms with Crippen LogP contribution in [0.5, 0.6) is 0 Å². The van der Waals surface area contributed by atoms with Gasteiger partial charge in [0, 0.05) is 23.9 Å². The van der Waals surface area contributed by atoms with Crippen molar-refractivity contribution in [1.29, 1.82) is 0 Å². The molecule has 2 aromatic carbocycles. The summed E-state index contributed by atoms with van der Waals surface area (Å²) in [7, 11) is 0. The summed E-state index contributed by atoms with van der Waals surface area (Å²) in [6, 6.07) is 12.6. The number of hydrogen-bond acceptors (Lipinski definition) is 2. The Hall–Kier alpha value is -2.90. The Bertz CT molecular complexity index is 1290. The number of amides is 1. The number of rotatable bonds is 6. The first-order valence-electron chi connectivity index (χ1n) is 14.8. The van der Waals surface area contributed by atoms with Crippen LogP contribution in [-0.4, -0.2) is 40.6 Å². The number of hydrogen-bond donors (Lipinski definition) is 1. The average Bonchev–Trinajstić information content (AvgIpc) is 3.31. The van der Waals surface area contributed by atoms with Crippen LogP contribution in [0.15, 0.2) is 42.5 Å². The van der Waals surface area contributed by atoms with Crippen molar-refractivity contribution in [2.75, 3.05) is 6.54 Å². The van der Waals surface area contributed by atoms with Crippen LogP contribution >= 0.6 is 0 Å². The quantitative estimate of drug-likeness (QED) is 0.365. The van der Waals surface area contributed by atoms with Gasteiger partial charge in [0.25, 0.3) is 0 Å². The molecule has 41 heavy (non-hydrogen) atoms. The third-order valence-electron chi connectivity index (χ3n) is 10.1. The van der Waals surface area contributed by atoms with Gasteiger partial charge in [0.2, 0.25) is 11.6 Å². The molecule has 1 saturated carbocycles. The molecule has 0 spiro atoms. The molecule has 2 fully saturated rings. The summed E-state index contributed by atoms with van der Waals surface area (Å²) in [6.07, 6.45) is -0.594. The smallest absolute Gasteiger partial charge is 0.426 e. The maximum absolute atomic E-state index is 14.9. The summed E-state index contributed by atoms with van der Waals surface area (Å²) in [5.74, 6) is -0.987. The Morgan fingerprint density at radius 1 is 0.976 bits per heavy atom. The minimum absolute atomic E-state index is 0.0596. The number of halogens is 4. The summed E-state index contributed by atoms with van der Waals surface area (Å²) in [6.45, 7) is 5.36. The largest absolute Gasteiger partial charge is 0.481 e. The zero-order valence-corrected chi connectivity index (χ0v) is 23.9. The van der Waals surface area contributed by atoms with Crippen molar-refractivity contribution in [2.45, 2.75) is 101 Å². The van der Waals surface area contributed by atoms with E-state index >= 15 is 0 Å². The predicted octanol–water partition coefficient (Wildman–Crippen LogP) is 7.48. The van der Waals surface area contributed by atoms with Gasteiger partial charge in [-0.2, -0.15) is 13.2 Å². The van der Waals surface area contributed by atoms with Gasteiger partial charge in [-0.25, -0.2) is 4.39 Å². The Kier molecular flexibility index (Phi) is 7.75. The van der Waals surface area contributed by atoms with Gasteiger partial charge < -0.3 is 10.0 Å². The highest BCUT2D eigenvalue weighted by molar-refractivity contribution is 5.80. The first-order valence-corrected chi connectivity index (χ1v) is 14.8. The Balaban J connectivity index is 1.50. The monoisotopic (exact) mass is 573 g/mol. The molecule has 3 atom stereocenters. The minimum atomic E-state index is -5.02. The molecule has 1 aliphatic heterocycles. The second kappa shape index (κ2) is 10.7. The number of carbonyl (C=O) groups is 2. The number of likely N-dealkylation sites (tertiary alicyclic amines) is 1. The normalized spacial score (nSPS) is 27.7. The van der Waals surface area contributed by atoms with Crippen molar-refractivity contribution in [3.63, 3.8) is 0 Å². The third-order valence-corrected chi connectivity index (χ3v) is 10.1. The van der Waals surface area contributed by atoms with Gasteiger partial charge in [0.05, 0.1) is 5.92 Å². The van der Waals surface area contributed by atoms with Gasteiger partial charge in [-0.3, -0.25) is 9.59 Å². The van der Waals surface area contributed by atoms with E-state index in [-0.39, 0.29) is 23.4 Å². The maximum atomic E-state index is 14.9. The number of aryl methyl sites for hydroxylation is 1. The molecule has 1 amide bonds. The van der Waals surface area contributed by atoms with Crippen LogP contribution in [0.2, 0.25) is 0 Å². The van der Waals surface area contributed by atoms with E-state index in [0.717, 1.165) is 16.7 Å². The van der Waals surface area contributed by atoms with Crippen LogP contribution in [0.3, 0.4) is 0 Å². The van der Waals surface area contributed by atoms with Crippen LogP contribution < -0.4 is 0 Å². The molecule has 2 aliphatic carbocycles. The predicted molar refractivity (Wildman–Crippen MR) is 148 cm³/mol. The number of alkyl halides is 4. The molecular weight excluding hydrogens is 534 g/mol. The second-order valence-corrected chi connectivity index (χ2v) is 12.8. The lowest BCUT2D eigenvalue weighted by Crippen LogP contribution is -2.51. The fourth-order valence-electron chi connectivity index (χ4n) is 7.49. The van der Waals surface area contributed by atoms with Crippen LogP contribution in [-0.2, 0) is 33.5 Å². The highest BCUT2D eigenvalue weighted by Crippen LogP contribution is 2.51. The van der Waals surface area contributed by atoms with Crippen molar-refractivity contribution >= 4 is 11.9 Å². The molecule has 2 aromatic rings. The molecule has 0 bridgehead atoms. The van der Waals surface area contributed by atoms with Crippen molar-refractivity contribution < 1.29 is 32.3 Å². The number of carboxylic acid groups (broad SMARTS) is 1. The molecule has 8 heteroatoms. The fraction of sp³-hybridized carbons (Fsp3) is 0.576. The first-order chi connectivity index (χ1) is 19.2. The van der Waals surface area contributed by atoms with Gasteiger partial charge in [-0.05, 0) is 92.0 Å². The molecule has 0 aromatic heterocycles. The average molecular weight is 574 g/mol. The van der Waals surface area contributed by atoms with E-state index < -0.39 is 29.1 Å². The van der Waals surface area contributed by atoms with Gasteiger partial charge in [-0.1, -0.05) is 56.3 Å². The zero-order chi connectivity index (χ0) is 29.7. The van der Waals surface area contributed by atoms with Gasteiger partial charge in [-0.15, -0.1) is 0 Å². The number of carboxylic acids is 1. The highest BCUT2D eigenvalue weighted by Gasteiger charge is 2.56. The second-order valence-electron chi connectivity index (χ2n) is 12.8. The highest BCUT2D eigenvalue weighted by atomic mass is 19.4. The lowest BCUT2D eigenvalue weighted by atomic mass is 9.63.